The molecule has 2 bridgehead atoms. The Morgan fingerprint density at radius 3 is 2.68 bits per heavy atom. The first kappa shape index (κ1) is 30.1. The highest BCUT2D eigenvalue weighted by atomic mass is 19.3. The van der Waals surface area contributed by atoms with Crippen LogP contribution in [0.25, 0.3) is 32.9 Å². The number of halogens is 4. The van der Waals surface area contributed by atoms with E-state index in [1.54, 1.807) is 30.5 Å². The number of terminal acetylenes is 1. The normalized spacial score (nSPS) is 25.7. The van der Waals surface area contributed by atoms with E-state index in [-0.39, 0.29) is 41.5 Å². The number of pyridine rings is 1. The maximum atomic E-state index is 16.8. The second-order valence-electron chi connectivity index (χ2n) is 13.1. The van der Waals surface area contributed by atoms with Gasteiger partial charge in [-0.2, -0.15) is 18.7 Å². The molecule has 2 aromatic heterocycles. The van der Waals surface area contributed by atoms with Gasteiger partial charge in [0.15, 0.2) is 5.82 Å². The van der Waals surface area contributed by atoms with Gasteiger partial charge < -0.3 is 19.7 Å². The largest absolute Gasteiger partial charge is 0.461 e. The van der Waals surface area contributed by atoms with Crippen LogP contribution in [0.5, 0.6) is 6.01 Å². The summed E-state index contributed by atoms with van der Waals surface area (Å²) in [6.45, 7) is 3.56. The molecule has 2 aromatic carbocycles. The smallest absolute Gasteiger partial charge is 0.345 e. The lowest BCUT2D eigenvalue weighted by Crippen LogP contribution is -2.51. The van der Waals surface area contributed by atoms with Gasteiger partial charge in [-0.1, -0.05) is 42.3 Å². The van der Waals surface area contributed by atoms with Crippen molar-refractivity contribution in [1.82, 2.24) is 25.2 Å². The van der Waals surface area contributed by atoms with Crippen LogP contribution in [0.4, 0.5) is 23.4 Å². The third-order valence-corrected chi connectivity index (χ3v) is 10.0. The van der Waals surface area contributed by atoms with Crippen LogP contribution < -0.4 is 15.0 Å². The molecule has 0 spiro atoms. The molecule has 2 unspecified atom stereocenters. The highest BCUT2D eigenvalue weighted by Gasteiger charge is 2.51. The zero-order valence-corrected chi connectivity index (χ0v) is 25.5. The zero-order valence-electron chi connectivity index (χ0n) is 25.5. The highest BCUT2D eigenvalue weighted by Crippen LogP contribution is 2.43. The minimum atomic E-state index is -2.87. The summed E-state index contributed by atoms with van der Waals surface area (Å²) in [6, 6.07) is 8.58. The van der Waals surface area contributed by atoms with Gasteiger partial charge in [0.25, 0.3) is 0 Å². The molecule has 0 aliphatic carbocycles. The molecular formula is C35H32F4N6O2. The third-order valence-electron chi connectivity index (χ3n) is 10.0. The minimum absolute atomic E-state index is 0.00654. The maximum Gasteiger partial charge on any atom is 0.345 e. The molecule has 47 heavy (non-hydrogen) atoms. The van der Waals surface area contributed by atoms with Crippen LogP contribution in [0.1, 0.15) is 31.2 Å². The molecule has 4 fully saturated rings. The topological polar surface area (TPSA) is 75.6 Å². The van der Waals surface area contributed by atoms with Crippen LogP contribution in [-0.2, 0) is 4.74 Å². The number of nitrogens with one attached hydrogen (secondary N) is 1. The van der Waals surface area contributed by atoms with Crippen molar-refractivity contribution < 1.29 is 27.0 Å². The van der Waals surface area contributed by atoms with E-state index in [1.165, 1.54) is 6.07 Å². The maximum absolute atomic E-state index is 16.8. The van der Waals surface area contributed by atoms with Gasteiger partial charge in [-0.3, -0.25) is 9.88 Å². The van der Waals surface area contributed by atoms with Gasteiger partial charge in [0, 0.05) is 55.4 Å². The molecule has 242 valence electrons. The number of fused-ring (bicyclic) bond motifs is 5. The molecule has 8 rings (SSSR count). The summed E-state index contributed by atoms with van der Waals surface area (Å²) in [7, 11) is 0. The van der Waals surface area contributed by atoms with Crippen molar-refractivity contribution in [3.05, 3.63) is 65.9 Å². The summed E-state index contributed by atoms with van der Waals surface area (Å²) < 4.78 is 68.9. The molecule has 4 atom stereocenters. The van der Waals surface area contributed by atoms with Crippen LogP contribution >= 0.6 is 0 Å². The average molecular weight is 645 g/mol. The highest BCUT2D eigenvalue weighted by molar-refractivity contribution is 6.02. The number of nitrogens with zero attached hydrogens (tertiary/aromatic N) is 5. The summed E-state index contributed by atoms with van der Waals surface area (Å²) in [4.78, 5) is 18.1. The van der Waals surface area contributed by atoms with Gasteiger partial charge in [0.1, 0.15) is 29.5 Å². The van der Waals surface area contributed by atoms with E-state index in [1.807, 2.05) is 0 Å². The molecular weight excluding hydrogens is 612 g/mol. The number of rotatable bonds is 7. The van der Waals surface area contributed by atoms with E-state index in [9.17, 15) is 13.2 Å². The number of piperazine rings is 1. The lowest BCUT2D eigenvalue weighted by molar-refractivity contribution is -0.159. The molecule has 4 saturated heterocycles. The molecule has 1 N–H and O–H groups in total. The van der Waals surface area contributed by atoms with Crippen LogP contribution in [0, 0.1) is 24.0 Å². The summed E-state index contributed by atoms with van der Waals surface area (Å²) in [6.07, 6.45) is 9.54. The van der Waals surface area contributed by atoms with Gasteiger partial charge in [-0.15, -0.1) is 6.42 Å². The van der Waals surface area contributed by atoms with Gasteiger partial charge in [0.2, 0.25) is 0 Å². The molecule has 0 amide bonds. The number of aromatic nitrogens is 3. The number of hydrogen-bond acceptors (Lipinski definition) is 8. The summed E-state index contributed by atoms with van der Waals surface area (Å²) >= 11 is 0. The Morgan fingerprint density at radius 2 is 1.91 bits per heavy atom. The van der Waals surface area contributed by atoms with Crippen molar-refractivity contribution in [3.8, 4) is 29.6 Å². The molecule has 0 radical (unpaired) electrons. The second kappa shape index (κ2) is 11.4. The fraction of sp³-hybridized carbons (Fsp3) is 0.400. The quantitative estimate of drug-likeness (QED) is 0.162. The Bertz CT molecular complexity index is 1950. The van der Waals surface area contributed by atoms with Gasteiger partial charge in [0.05, 0.1) is 22.6 Å². The fourth-order valence-corrected chi connectivity index (χ4v) is 8.08. The molecule has 4 aliphatic rings. The lowest BCUT2D eigenvalue weighted by atomic mass is 9.93. The van der Waals surface area contributed by atoms with Crippen LogP contribution in [0.2, 0.25) is 0 Å². The summed E-state index contributed by atoms with van der Waals surface area (Å²) in [5.41, 5.74) is 0.695. The predicted molar refractivity (Wildman–Crippen MR) is 169 cm³/mol. The van der Waals surface area contributed by atoms with Crippen molar-refractivity contribution >= 4 is 27.5 Å². The standard InChI is InChI=1S/C35H32F4N6O2/c1-3-24-27(36)10-7-20-5-4-6-25(28(20)24)30-29(37)31-26(13-40-30)32(44-15-21-8-9-22(16-44)41-21)43-34(42-31)46-18-35-11-19(2)14-45(35)17-23(12-35)47-33(38)39/h1,4-7,10,13,21-23,33,41H,2,8-9,11-12,14-18H2/t21?,22?,23-,35+/m0/s1. The van der Waals surface area contributed by atoms with E-state index in [0.29, 0.717) is 66.6 Å². The van der Waals surface area contributed by atoms with Crippen LogP contribution in [0.15, 0.2) is 48.7 Å². The molecule has 0 saturated carbocycles. The van der Waals surface area contributed by atoms with Crippen LogP contribution in [-0.4, -0.2) is 83.0 Å². The number of alkyl halides is 2. The molecule has 6 heterocycles. The monoisotopic (exact) mass is 644 g/mol. The minimum Gasteiger partial charge on any atom is -0.461 e. The average Bonchev–Trinajstić information content (AvgIpc) is 3.66. The van der Waals surface area contributed by atoms with Crippen molar-refractivity contribution in [2.24, 2.45) is 0 Å². The van der Waals surface area contributed by atoms with Crippen molar-refractivity contribution in [1.29, 1.82) is 0 Å². The van der Waals surface area contributed by atoms with Gasteiger partial charge in [-0.05, 0) is 37.1 Å². The van der Waals surface area contributed by atoms with Crippen molar-refractivity contribution in [2.45, 2.75) is 56.0 Å². The first-order valence-corrected chi connectivity index (χ1v) is 15.7. The number of hydrogen-bond donors (Lipinski definition) is 1. The first-order valence-electron chi connectivity index (χ1n) is 15.7. The van der Waals surface area contributed by atoms with Crippen molar-refractivity contribution in [2.75, 3.05) is 37.7 Å². The van der Waals surface area contributed by atoms with E-state index >= 15 is 4.39 Å². The Hall–Kier alpha value is -4.31. The lowest BCUT2D eigenvalue weighted by Gasteiger charge is -2.34. The van der Waals surface area contributed by atoms with E-state index < -0.39 is 29.9 Å². The molecule has 4 aliphatic heterocycles. The molecule has 4 aromatic rings. The Kier molecular flexibility index (Phi) is 7.31. The second-order valence-corrected chi connectivity index (χ2v) is 13.1. The molecule has 12 heteroatoms. The fourth-order valence-electron chi connectivity index (χ4n) is 8.08. The predicted octanol–water partition coefficient (Wildman–Crippen LogP) is 5.44. The van der Waals surface area contributed by atoms with Gasteiger partial charge >= 0.3 is 12.6 Å². The third kappa shape index (κ3) is 5.17. The number of ether oxygens (including phenoxy) is 2. The zero-order chi connectivity index (χ0) is 32.4. The number of benzene rings is 2. The van der Waals surface area contributed by atoms with Gasteiger partial charge in [-0.25, -0.2) is 8.78 Å². The van der Waals surface area contributed by atoms with Crippen molar-refractivity contribution in [3.63, 3.8) is 0 Å². The van der Waals surface area contributed by atoms with E-state index in [0.717, 1.165) is 18.4 Å². The summed E-state index contributed by atoms with van der Waals surface area (Å²) in [5.74, 6) is 1.62. The number of anilines is 1. The van der Waals surface area contributed by atoms with E-state index in [4.69, 9.17) is 20.9 Å². The van der Waals surface area contributed by atoms with E-state index in [2.05, 4.69) is 37.6 Å². The van der Waals surface area contributed by atoms with Crippen LogP contribution in [0.3, 0.4) is 0 Å². The first-order chi connectivity index (χ1) is 22.7. The Labute approximate surface area is 268 Å². The SMILES string of the molecule is C#Cc1c(F)ccc2cccc(-c3ncc4c(N5CC6CCC(C5)N6)nc(OC[C@]56CC(=C)CN5C[C@@H](OC(F)F)C6)nc4c3F)c12. The Morgan fingerprint density at radius 1 is 1.11 bits per heavy atom. The summed E-state index contributed by atoms with van der Waals surface area (Å²) in [5, 5.41) is 5.05. The Balaban J connectivity index is 1.23. The molecule has 8 nitrogen and oxygen atoms in total.